The Bertz CT molecular complexity index is 1270. The standard InChI is InChI=1S/C32H42ClN5O4/c1-21(2)20-32(24-11-5-4-6-12-24)29(40)38(30(34)37-32)25(18-22-15-16-22)13-9-17-35-28(39)27(36-31(41)42-3)19-23-10-7-8-14-26(23)33/h4-8,10-12,14,21-22,25,27H,9,13,15-20H2,1-3H3,(H2,34,37)(H,35,39)(H,36,41)/t25?,27-,32?/m0/s1. The van der Waals surface area contributed by atoms with Crippen molar-refractivity contribution in [2.24, 2.45) is 11.8 Å². The lowest BCUT2D eigenvalue weighted by Crippen LogP contribution is -2.48. The molecule has 2 fully saturated rings. The van der Waals surface area contributed by atoms with Gasteiger partial charge in [-0.1, -0.05) is 86.8 Å². The first kappa shape index (κ1) is 31.3. The minimum Gasteiger partial charge on any atom is -0.453 e. The van der Waals surface area contributed by atoms with Crippen LogP contribution in [0.5, 0.6) is 0 Å². The molecule has 0 spiro atoms. The molecule has 3 amide bonds. The lowest BCUT2D eigenvalue weighted by atomic mass is 9.82. The van der Waals surface area contributed by atoms with Crippen molar-refractivity contribution in [3.63, 3.8) is 0 Å². The molecule has 42 heavy (non-hydrogen) atoms. The van der Waals surface area contributed by atoms with Crippen molar-refractivity contribution >= 4 is 35.5 Å². The number of nitrogens with zero attached hydrogens (tertiary/aromatic N) is 1. The molecule has 10 heteroatoms. The molecular formula is C32H42ClN5O4. The first-order valence-electron chi connectivity index (χ1n) is 14.8. The van der Waals surface area contributed by atoms with Crippen molar-refractivity contribution in [2.45, 2.75) is 76.4 Å². The van der Waals surface area contributed by atoms with Gasteiger partial charge in [-0.3, -0.25) is 19.9 Å². The van der Waals surface area contributed by atoms with E-state index in [0.717, 1.165) is 30.4 Å². The summed E-state index contributed by atoms with van der Waals surface area (Å²) >= 11 is 6.29. The van der Waals surface area contributed by atoms with Gasteiger partial charge in [0.05, 0.1) is 7.11 Å². The predicted octanol–water partition coefficient (Wildman–Crippen LogP) is 4.98. The number of hydrogen-bond donors (Lipinski definition) is 4. The molecular weight excluding hydrogens is 554 g/mol. The lowest BCUT2D eigenvalue weighted by Gasteiger charge is -2.31. The molecule has 1 aliphatic carbocycles. The van der Waals surface area contributed by atoms with Crippen molar-refractivity contribution in [3.8, 4) is 0 Å². The Morgan fingerprint density at radius 1 is 1.14 bits per heavy atom. The van der Waals surface area contributed by atoms with Crippen LogP contribution >= 0.6 is 11.6 Å². The molecule has 9 nitrogen and oxygen atoms in total. The minimum atomic E-state index is -0.964. The van der Waals surface area contributed by atoms with Gasteiger partial charge in [-0.05, 0) is 54.7 Å². The highest BCUT2D eigenvalue weighted by atomic mass is 35.5. The number of hydrogen-bond acceptors (Lipinski definition) is 5. The van der Waals surface area contributed by atoms with Crippen LogP contribution in [0.25, 0.3) is 0 Å². The monoisotopic (exact) mass is 595 g/mol. The number of halogens is 1. The molecule has 1 saturated carbocycles. The van der Waals surface area contributed by atoms with E-state index in [-0.39, 0.29) is 36.2 Å². The molecule has 3 atom stereocenters. The van der Waals surface area contributed by atoms with Crippen molar-refractivity contribution in [3.05, 3.63) is 70.7 Å². The van der Waals surface area contributed by atoms with Gasteiger partial charge in [-0.2, -0.15) is 0 Å². The van der Waals surface area contributed by atoms with E-state index >= 15 is 0 Å². The number of rotatable bonds is 14. The first-order valence-corrected chi connectivity index (χ1v) is 15.1. The predicted molar refractivity (Wildman–Crippen MR) is 163 cm³/mol. The summed E-state index contributed by atoms with van der Waals surface area (Å²) in [6.45, 7) is 4.54. The first-order chi connectivity index (χ1) is 20.1. The number of ether oxygens (including phenoxy) is 1. The fourth-order valence-corrected chi connectivity index (χ4v) is 6.03. The van der Waals surface area contributed by atoms with Crippen LogP contribution in [0.3, 0.4) is 0 Å². The molecule has 1 heterocycles. The average Bonchev–Trinajstić information content (AvgIpc) is 3.75. The fourth-order valence-electron chi connectivity index (χ4n) is 5.82. The Kier molecular flexibility index (Phi) is 10.5. The van der Waals surface area contributed by atoms with E-state index in [4.69, 9.17) is 21.7 Å². The molecule has 2 aromatic rings. The largest absolute Gasteiger partial charge is 0.453 e. The third-order valence-corrected chi connectivity index (χ3v) is 8.36. The summed E-state index contributed by atoms with van der Waals surface area (Å²) in [4.78, 5) is 40.9. The van der Waals surface area contributed by atoms with Crippen LogP contribution in [0, 0.1) is 17.2 Å². The van der Waals surface area contributed by atoms with Crippen molar-refractivity contribution < 1.29 is 19.1 Å². The van der Waals surface area contributed by atoms with E-state index in [9.17, 15) is 14.4 Å². The van der Waals surface area contributed by atoms with Crippen molar-refractivity contribution in [1.82, 2.24) is 20.9 Å². The zero-order valence-electron chi connectivity index (χ0n) is 24.6. The Morgan fingerprint density at radius 3 is 2.48 bits per heavy atom. The van der Waals surface area contributed by atoms with Gasteiger partial charge in [-0.25, -0.2) is 4.79 Å². The Morgan fingerprint density at radius 2 is 1.83 bits per heavy atom. The molecule has 0 radical (unpaired) electrons. The molecule has 1 aliphatic heterocycles. The van der Waals surface area contributed by atoms with Gasteiger partial charge in [0.15, 0.2) is 5.96 Å². The zero-order chi connectivity index (χ0) is 30.3. The summed E-state index contributed by atoms with van der Waals surface area (Å²) < 4.78 is 4.72. The van der Waals surface area contributed by atoms with Crippen LogP contribution in [0.15, 0.2) is 54.6 Å². The quantitative estimate of drug-likeness (QED) is 0.229. The third kappa shape index (κ3) is 7.62. The number of guanidine groups is 1. The summed E-state index contributed by atoms with van der Waals surface area (Å²) in [6, 6.07) is 15.9. The fraction of sp³-hybridized carbons (Fsp3) is 0.500. The second-order valence-electron chi connectivity index (χ2n) is 11.8. The SMILES string of the molecule is COC(=O)N[C@@H](Cc1ccccc1Cl)C(=O)NCCCC(CC1CC1)N1C(=N)NC(CC(C)C)(c2ccccc2)C1=O. The maximum atomic E-state index is 14.2. The summed E-state index contributed by atoms with van der Waals surface area (Å²) in [7, 11) is 1.25. The maximum Gasteiger partial charge on any atom is 0.407 e. The van der Waals surface area contributed by atoms with Crippen LogP contribution in [-0.4, -0.2) is 54.5 Å². The number of methoxy groups -OCH3 is 1. The Labute approximate surface area is 253 Å². The zero-order valence-corrected chi connectivity index (χ0v) is 25.4. The van der Waals surface area contributed by atoms with Crippen LogP contribution in [-0.2, 0) is 26.3 Å². The van der Waals surface area contributed by atoms with Gasteiger partial charge in [0.25, 0.3) is 5.91 Å². The number of benzene rings is 2. The average molecular weight is 596 g/mol. The second kappa shape index (κ2) is 14.1. The number of carbonyl (C=O) groups excluding carboxylic acids is 3. The normalized spacial score (nSPS) is 19.8. The van der Waals surface area contributed by atoms with Crippen LogP contribution in [0.2, 0.25) is 5.02 Å². The van der Waals surface area contributed by atoms with Gasteiger partial charge in [0.1, 0.15) is 11.6 Å². The topological polar surface area (TPSA) is 124 Å². The number of amides is 3. The molecule has 2 aliphatic rings. The minimum absolute atomic E-state index is 0.0795. The van der Waals surface area contributed by atoms with E-state index in [2.05, 4.69) is 29.8 Å². The van der Waals surface area contributed by atoms with E-state index in [1.807, 2.05) is 42.5 Å². The number of nitrogens with one attached hydrogen (secondary N) is 4. The van der Waals surface area contributed by atoms with Crippen molar-refractivity contribution in [2.75, 3.05) is 13.7 Å². The molecule has 4 rings (SSSR count). The van der Waals surface area contributed by atoms with Gasteiger partial charge in [0, 0.05) is 24.0 Å². The Hall–Kier alpha value is -3.59. The van der Waals surface area contributed by atoms with E-state index in [1.54, 1.807) is 17.0 Å². The molecule has 2 aromatic carbocycles. The second-order valence-corrected chi connectivity index (χ2v) is 12.2. The van der Waals surface area contributed by atoms with E-state index in [1.165, 1.54) is 7.11 Å². The molecule has 1 saturated heterocycles. The highest BCUT2D eigenvalue weighted by Crippen LogP contribution is 2.40. The molecule has 226 valence electrons. The smallest absolute Gasteiger partial charge is 0.407 e. The summed E-state index contributed by atoms with van der Waals surface area (Å²) in [5.74, 6) is 0.506. The van der Waals surface area contributed by atoms with Crippen LogP contribution in [0.1, 0.15) is 63.5 Å². The molecule has 4 N–H and O–H groups in total. The summed E-state index contributed by atoms with van der Waals surface area (Å²) in [6.07, 6.45) is 4.44. The third-order valence-electron chi connectivity index (χ3n) is 7.99. The summed E-state index contributed by atoms with van der Waals surface area (Å²) in [5, 5.41) is 18.2. The highest BCUT2D eigenvalue weighted by Gasteiger charge is 2.53. The van der Waals surface area contributed by atoms with Crippen LogP contribution in [0.4, 0.5) is 4.79 Å². The van der Waals surface area contributed by atoms with Gasteiger partial charge < -0.3 is 20.7 Å². The maximum absolute atomic E-state index is 14.2. The van der Waals surface area contributed by atoms with Gasteiger partial charge in [0.2, 0.25) is 5.91 Å². The van der Waals surface area contributed by atoms with E-state index in [0.29, 0.717) is 36.7 Å². The highest BCUT2D eigenvalue weighted by molar-refractivity contribution is 6.31. The summed E-state index contributed by atoms with van der Waals surface area (Å²) in [5.41, 5.74) is 0.645. The van der Waals surface area contributed by atoms with E-state index < -0.39 is 17.7 Å². The van der Waals surface area contributed by atoms with Crippen molar-refractivity contribution in [1.29, 1.82) is 5.41 Å². The molecule has 0 aromatic heterocycles. The van der Waals surface area contributed by atoms with Gasteiger partial charge >= 0.3 is 6.09 Å². The number of alkyl carbamates (subject to hydrolysis) is 1. The van der Waals surface area contributed by atoms with Gasteiger partial charge in [-0.15, -0.1) is 0 Å². The lowest BCUT2D eigenvalue weighted by molar-refractivity contribution is -0.134. The number of carbonyl (C=O) groups is 3. The Balaban J connectivity index is 1.42. The van der Waals surface area contributed by atoms with Crippen LogP contribution < -0.4 is 16.0 Å². The molecule has 0 bridgehead atoms. The molecule has 2 unspecified atom stereocenters.